The van der Waals surface area contributed by atoms with Crippen LogP contribution in [0.15, 0.2) is 87.1 Å². The molecule has 3 N–H and O–H groups in total. The molecule has 0 unspecified atom stereocenters. The molecule has 12 heteroatoms. The van der Waals surface area contributed by atoms with Crippen molar-refractivity contribution in [3.63, 3.8) is 0 Å². The van der Waals surface area contributed by atoms with Crippen LogP contribution in [0, 0.1) is 0 Å². The Kier molecular flexibility index (Phi) is 8.50. The number of benzene rings is 3. The van der Waals surface area contributed by atoms with Crippen molar-refractivity contribution in [2.24, 2.45) is 5.14 Å². The molecule has 8 nitrogen and oxygen atoms in total. The van der Waals surface area contributed by atoms with E-state index in [9.17, 15) is 21.6 Å². The summed E-state index contributed by atoms with van der Waals surface area (Å²) in [5.41, 5.74) is 1.29. The Morgan fingerprint density at radius 2 is 1.38 bits per heavy atom. The molecule has 0 aromatic heterocycles. The molecule has 180 valence electrons. The summed E-state index contributed by atoms with van der Waals surface area (Å²) in [4.78, 5) is 12.7. The normalized spacial score (nSPS) is 12.0. The number of nitrogens with zero attached hydrogens (tertiary/aromatic N) is 1. The molecule has 0 saturated carbocycles. The molecule has 0 fully saturated rings. The van der Waals surface area contributed by atoms with Gasteiger partial charge in [-0.05, 0) is 59.7 Å². The first-order valence-corrected chi connectivity index (χ1v) is 14.0. The van der Waals surface area contributed by atoms with Crippen LogP contribution in [0.25, 0.3) is 0 Å². The molecule has 0 bridgehead atoms. The molecule has 0 spiro atoms. The molecule has 0 heterocycles. The minimum Gasteiger partial charge on any atom is -0.351 e. The van der Waals surface area contributed by atoms with Gasteiger partial charge in [-0.15, -0.1) is 0 Å². The number of carbonyl (C=O) groups excluding carboxylic acids is 1. The molecule has 3 aromatic carbocycles. The molecule has 0 aliphatic heterocycles. The molecule has 0 aliphatic carbocycles. The first-order chi connectivity index (χ1) is 15.9. The number of sulfonamides is 2. The largest absolute Gasteiger partial charge is 0.351 e. The summed E-state index contributed by atoms with van der Waals surface area (Å²) in [6.45, 7) is -0.376. The van der Waals surface area contributed by atoms with Gasteiger partial charge < -0.3 is 5.32 Å². The van der Waals surface area contributed by atoms with E-state index < -0.39 is 32.5 Å². The highest BCUT2D eigenvalue weighted by Crippen LogP contribution is 2.21. The number of halogens is 2. The zero-order chi connectivity index (χ0) is 24.9. The fourth-order valence-corrected chi connectivity index (χ4v) is 5.28. The first kappa shape index (κ1) is 26.3. The van der Waals surface area contributed by atoms with Crippen molar-refractivity contribution in [3.05, 3.63) is 93.4 Å². The van der Waals surface area contributed by atoms with Crippen LogP contribution in [-0.2, 0) is 37.9 Å². The third-order valence-corrected chi connectivity index (χ3v) is 8.30. The maximum atomic E-state index is 13.3. The highest BCUT2D eigenvalue weighted by atomic mass is 79.9. The lowest BCUT2D eigenvalue weighted by Crippen LogP contribution is -2.40. The fraction of sp³-hybridized carbons (Fsp3) is 0.136. The number of nitrogens with one attached hydrogen (secondary N) is 1. The van der Waals surface area contributed by atoms with E-state index in [-0.39, 0.29) is 22.9 Å². The van der Waals surface area contributed by atoms with Gasteiger partial charge in [0.05, 0.1) is 16.3 Å². The quantitative estimate of drug-likeness (QED) is 0.398. The number of amides is 1. The van der Waals surface area contributed by atoms with E-state index in [2.05, 4.69) is 21.2 Å². The highest BCUT2D eigenvalue weighted by Gasteiger charge is 2.27. The average Bonchev–Trinajstić information content (AvgIpc) is 2.78. The van der Waals surface area contributed by atoms with E-state index in [4.69, 9.17) is 16.7 Å². The average molecular weight is 587 g/mol. The monoisotopic (exact) mass is 585 g/mol. The Morgan fingerprint density at radius 3 is 1.94 bits per heavy atom. The summed E-state index contributed by atoms with van der Waals surface area (Å²) in [7, 11) is -7.80. The maximum Gasteiger partial charge on any atom is 0.243 e. The Bertz CT molecular complexity index is 1360. The van der Waals surface area contributed by atoms with E-state index in [1.807, 2.05) is 0 Å². The van der Waals surface area contributed by atoms with Crippen molar-refractivity contribution in [2.45, 2.75) is 22.9 Å². The summed E-state index contributed by atoms with van der Waals surface area (Å²) in [5.74, 6) is -0.523. The second-order valence-corrected chi connectivity index (χ2v) is 12.2. The molecule has 0 atom stereocenters. The van der Waals surface area contributed by atoms with E-state index >= 15 is 0 Å². The van der Waals surface area contributed by atoms with Crippen molar-refractivity contribution < 1.29 is 21.6 Å². The van der Waals surface area contributed by atoms with Gasteiger partial charge in [0.1, 0.15) is 0 Å². The molecule has 0 saturated heterocycles. The SMILES string of the molecule is NS(=O)(=O)c1ccc(CNC(=O)CN(Cc2ccc(Cl)cc2)S(=O)(=O)c2ccc(Br)cc2)cc1. The Balaban J connectivity index is 1.76. The van der Waals surface area contributed by atoms with Crippen molar-refractivity contribution in [1.29, 1.82) is 0 Å². The molecular weight excluding hydrogens is 566 g/mol. The van der Waals surface area contributed by atoms with Crippen LogP contribution in [0.5, 0.6) is 0 Å². The van der Waals surface area contributed by atoms with Gasteiger partial charge in [-0.3, -0.25) is 4.79 Å². The van der Waals surface area contributed by atoms with Gasteiger partial charge in [0.15, 0.2) is 0 Å². The Labute approximate surface area is 212 Å². The van der Waals surface area contributed by atoms with Gasteiger partial charge >= 0.3 is 0 Å². The molecule has 1 amide bonds. The zero-order valence-electron chi connectivity index (χ0n) is 17.7. The first-order valence-electron chi connectivity index (χ1n) is 9.84. The smallest absolute Gasteiger partial charge is 0.243 e. The van der Waals surface area contributed by atoms with Crippen molar-refractivity contribution in [3.8, 4) is 0 Å². The van der Waals surface area contributed by atoms with Gasteiger partial charge in [-0.1, -0.05) is 51.8 Å². The van der Waals surface area contributed by atoms with E-state index in [0.29, 0.717) is 16.1 Å². The van der Waals surface area contributed by atoms with Crippen LogP contribution in [0.2, 0.25) is 5.02 Å². The predicted octanol–water partition coefficient (Wildman–Crippen LogP) is 3.26. The van der Waals surface area contributed by atoms with Gasteiger partial charge in [0.25, 0.3) is 0 Å². The van der Waals surface area contributed by atoms with Crippen LogP contribution in [0.3, 0.4) is 0 Å². The summed E-state index contributed by atoms with van der Waals surface area (Å²) in [6, 6.07) is 18.5. The predicted molar refractivity (Wildman–Crippen MR) is 133 cm³/mol. The zero-order valence-corrected chi connectivity index (χ0v) is 21.7. The Hall–Kier alpha value is -2.28. The number of carbonyl (C=O) groups is 1. The standard InChI is InChI=1S/C22H21BrClN3O5S2/c23-18-5-11-21(12-6-18)34(31,32)27(14-17-1-7-19(24)8-2-17)15-22(28)26-13-16-3-9-20(10-4-16)33(25,29)30/h1-12H,13-15H2,(H,26,28)(H2,25,29,30). The van der Waals surface area contributed by atoms with E-state index in [1.165, 1.54) is 36.4 Å². The van der Waals surface area contributed by atoms with Gasteiger partial charge in [0.2, 0.25) is 26.0 Å². The number of hydrogen-bond donors (Lipinski definition) is 2. The second kappa shape index (κ2) is 11.0. The van der Waals surface area contributed by atoms with Crippen LogP contribution in [-0.4, -0.2) is 33.6 Å². The summed E-state index contributed by atoms with van der Waals surface area (Å²) < 4.78 is 51.1. The molecule has 0 radical (unpaired) electrons. The number of primary sulfonamides is 1. The molecule has 34 heavy (non-hydrogen) atoms. The molecular formula is C22H21BrClN3O5S2. The van der Waals surface area contributed by atoms with Crippen molar-refractivity contribution in [2.75, 3.05) is 6.54 Å². The van der Waals surface area contributed by atoms with Gasteiger partial charge in [-0.25, -0.2) is 22.0 Å². The topological polar surface area (TPSA) is 127 Å². The maximum absolute atomic E-state index is 13.3. The lowest BCUT2D eigenvalue weighted by molar-refractivity contribution is -0.121. The summed E-state index contributed by atoms with van der Waals surface area (Å²) >= 11 is 9.21. The number of rotatable bonds is 9. The third kappa shape index (κ3) is 7.11. The second-order valence-electron chi connectivity index (χ2n) is 7.32. The minimum absolute atomic E-state index is 0.0357. The van der Waals surface area contributed by atoms with E-state index in [1.54, 1.807) is 36.4 Å². The highest BCUT2D eigenvalue weighted by molar-refractivity contribution is 9.10. The molecule has 3 aromatic rings. The van der Waals surface area contributed by atoms with Crippen molar-refractivity contribution >= 4 is 53.5 Å². The van der Waals surface area contributed by atoms with Crippen LogP contribution in [0.4, 0.5) is 0 Å². The third-order valence-electron chi connectivity index (χ3n) is 4.79. The molecule has 0 aliphatic rings. The fourth-order valence-electron chi connectivity index (χ4n) is 2.99. The van der Waals surface area contributed by atoms with Crippen LogP contribution < -0.4 is 10.5 Å². The van der Waals surface area contributed by atoms with Crippen LogP contribution >= 0.6 is 27.5 Å². The van der Waals surface area contributed by atoms with Crippen molar-refractivity contribution in [1.82, 2.24) is 9.62 Å². The lowest BCUT2D eigenvalue weighted by atomic mass is 10.2. The van der Waals surface area contributed by atoms with Gasteiger partial charge in [0, 0.05) is 22.6 Å². The van der Waals surface area contributed by atoms with E-state index in [0.717, 1.165) is 8.78 Å². The lowest BCUT2D eigenvalue weighted by Gasteiger charge is -2.22. The van der Waals surface area contributed by atoms with Gasteiger partial charge in [-0.2, -0.15) is 4.31 Å². The summed E-state index contributed by atoms with van der Waals surface area (Å²) in [5, 5.41) is 8.25. The van der Waals surface area contributed by atoms with Crippen LogP contribution in [0.1, 0.15) is 11.1 Å². The number of nitrogens with two attached hydrogens (primary N) is 1. The minimum atomic E-state index is -3.99. The molecule has 3 rings (SSSR count). The summed E-state index contributed by atoms with van der Waals surface area (Å²) in [6.07, 6.45) is 0. The number of hydrogen-bond acceptors (Lipinski definition) is 5. The Morgan fingerprint density at radius 1 is 0.853 bits per heavy atom.